The summed E-state index contributed by atoms with van der Waals surface area (Å²) in [5, 5.41) is 10.5. The van der Waals surface area contributed by atoms with Gasteiger partial charge in [0.05, 0.1) is 0 Å². The molecule has 0 spiro atoms. The Kier molecular flexibility index (Phi) is 4.05. The third kappa shape index (κ3) is 4.42. The molecule has 6 heteroatoms. The van der Waals surface area contributed by atoms with Crippen molar-refractivity contribution in [1.29, 1.82) is 0 Å². The summed E-state index contributed by atoms with van der Waals surface area (Å²) in [5.41, 5.74) is 0.694. The van der Waals surface area contributed by atoms with E-state index in [0.717, 1.165) is 0 Å². The smallest absolute Gasteiger partial charge is 0.378 e. The van der Waals surface area contributed by atoms with Gasteiger partial charge in [-0.1, -0.05) is 23.7 Å². The molecule has 0 unspecified atom stereocenters. The number of halogens is 1. The molecule has 0 aliphatic carbocycles. The largest absolute Gasteiger partial charge is 0.456 e. The van der Waals surface area contributed by atoms with Crippen LogP contribution in [0.2, 0.25) is 5.02 Å². The van der Waals surface area contributed by atoms with Crippen molar-refractivity contribution < 1.29 is 14.5 Å². The molecule has 80 valence electrons. The number of carbonyl (C=O) groups excluding carboxylic acids is 1. The number of rotatable bonds is 4. The van der Waals surface area contributed by atoms with Crippen molar-refractivity contribution in [2.45, 2.75) is 6.61 Å². The highest BCUT2D eigenvalue weighted by atomic mass is 35.5. The highest BCUT2D eigenvalue weighted by Crippen LogP contribution is 2.11. The van der Waals surface area contributed by atoms with Crippen molar-refractivity contribution in [3.05, 3.63) is 45.0 Å². The van der Waals surface area contributed by atoms with Crippen molar-refractivity contribution in [1.82, 2.24) is 0 Å². The van der Waals surface area contributed by atoms with Gasteiger partial charge in [0.25, 0.3) is 6.54 Å². The number of carbonyl (C=O) groups is 1. The molecule has 0 saturated carbocycles. The van der Waals surface area contributed by atoms with Crippen LogP contribution in [0.1, 0.15) is 5.56 Å². The highest BCUT2D eigenvalue weighted by Gasteiger charge is 2.10. The Hall–Kier alpha value is -1.62. The van der Waals surface area contributed by atoms with E-state index in [0.29, 0.717) is 10.6 Å². The van der Waals surface area contributed by atoms with E-state index >= 15 is 0 Å². The molecule has 0 heterocycles. The standard InChI is InChI=1S/C9H8ClNO4/c10-8-3-1-2-7(4-8)6-15-9(12)5-11(13)14/h1-4H,5-6H2. The first-order chi connectivity index (χ1) is 7.08. The monoisotopic (exact) mass is 229 g/mol. The Morgan fingerprint density at radius 2 is 2.27 bits per heavy atom. The lowest BCUT2D eigenvalue weighted by atomic mass is 10.2. The van der Waals surface area contributed by atoms with Crippen LogP contribution >= 0.6 is 11.6 Å². The van der Waals surface area contributed by atoms with Crippen LogP contribution < -0.4 is 0 Å². The van der Waals surface area contributed by atoms with Gasteiger partial charge in [-0.05, 0) is 17.7 Å². The molecule has 15 heavy (non-hydrogen) atoms. The average Bonchev–Trinajstić information content (AvgIpc) is 2.14. The molecule has 0 aromatic heterocycles. The second-order valence-corrected chi connectivity index (χ2v) is 3.22. The maximum absolute atomic E-state index is 10.8. The molecule has 0 aliphatic heterocycles. The third-order valence-electron chi connectivity index (χ3n) is 1.55. The average molecular weight is 230 g/mol. The van der Waals surface area contributed by atoms with Crippen molar-refractivity contribution >= 4 is 17.6 Å². The van der Waals surface area contributed by atoms with Crippen LogP contribution in [0, 0.1) is 10.1 Å². The minimum atomic E-state index is -0.861. The SMILES string of the molecule is O=C(C[N+](=O)[O-])OCc1cccc(Cl)c1. The van der Waals surface area contributed by atoms with Crippen LogP contribution in [0.3, 0.4) is 0 Å². The zero-order valence-corrected chi connectivity index (χ0v) is 8.44. The van der Waals surface area contributed by atoms with Crippen LogP contribution in [0.5, 0.6) is 0 Å². The summed E-state index contributed by atoms with van der Waals surface area (Å²) in [4.78, 5) is 20.0. The Bertz CT molecular complexity index is 380. The highest BCUT2D eigenvalue weighted by molar-refractivity contribution is 6.30. The maximum atomic E-state index is 10.8. The molecule has 0 bridgehead atoms. The number of nitrogens with zero attached hydrogens (tertiary/aromatic N) is 1. The molecule has 0 N–H and O–H groups in total. The van der Waals surface area contributed by atoms with Gasteiger partial charge >= 0.3 is 5.97 Å². The van der Waals surface area contributed by atoms with Gasteiger partial charge in [-0.15, -0.1) is 0 Å². The fraction of sp³-hybridized carbons (Fsp3) is 0.222. The number of ether oxygens (including phenoxy) is 1. The van der Waals surface area contributed by atoms with Crippen molar-refractivity contribution in [2.75, 3.05) is 6.54 Å². The van der Waals surface area contributed by atoms with Gasteiger partial charge in [-0.2, -0.15) is 0 Å². The zero-order valence-electron chi connectivity index (χ0n) is 7.68. The van der Waals surface area contributed by atoms with Gasteiger partial charge in [-0.25, -0.2) is 4.79 Å². The third-order valence-corrected chi connectivity index (χ3v) is 1.78. The molecule has 1 aromatic rings. The lowest BCUT2D eigenvalue weighted by Crippen LogP contribution is -2.16. The van der Waals surface area contributed by atoms with Crippen LogP contribution in [0.25, 0.3) is 0 Å². The van der Waals surface area contributed by atoms with E-state index in [1.165, 1.54) is 0 Å². The quantitative estimate of drug-likeness (QED) is 0.447. The van der Waals surface area contributed by atoms with Gasteiger partial charge < -0.3 is 4.74 Å². The van der Waals surface area contributed by atoms with Gasteiger partial charge in [0, 0.05) is 9.95 Å². The molecule has 0 amide bonds. The lowest BCUT2D eigenvalue weighted by Gasteiger charge is -2.02. The Morgan fingerprint density at radius 3 is 2.87 bits per heavy atom. The fourth-order valence-corrected chi connectivity index (χ4v) is 1.15. The minimum Gasteiger partial charge on any atom is -0.456 e. The minimum absolute atomic E-state index is 0.00671. The molecular weight excluding hydrogens is 222 g/mol. The first-order valence-electron chi connectivity index (χ1n) is 4.10. The fourth-order valence-electron chi connectivity index (χ4n) is 0.942. The molecule has 0 radical (unpaired) electrons. The number of hydrogen-bond donors (Lipinski definition) is 0. The van der Waals surface area contributed by atoms with Crippen molar-refractivity contribution in [3.8, 4) is 0 Å². The first-order valence-corrected chi connectivity index (χ1v) is 4.47. The van der Waals surface area contributed by atoms with Gasteiger partial charge in [0.1, 0.15) is 6.61 Å². The van der Waals surface area contributed by atoms with E-state index in [-0.39, 0.29) is 6.61 Å². The van der Waals surface area contributed by atoms with Crippen LogP contribution in [0.15, 0.2) is 24.3 Å². The Balaban J connectivity index is 2.43. The van der Waals surface area contributed by atoms with Gasteiger partial charge in [0.15, 0.2) is 0 Å². The van der Waals surface area contributed by atoms with Gasteiger partial charge in [0.2, 0.25) is 0 Å². The molecule has 5 nitrogen and oxygen atoms in total. The Morgan fingerprint density at radius 1 is 1.53 bits per heavy atom. The number of esters is 1. The number of hydrogen-bond acceptors (Lipinski definition) is 4. The van der Waals surface area contributed by atoms with E-state index in [1.807, 2.05) is 0 Å². The van der Waals surface area contributed by atoms with E-state index in [1.54, 1.807) is 24.3 Å². The molecule has 0 atom stereocenters. The molecule has 0 saturated heterocycles. The summed E-state index contributed by atoms with van der Waals surface area (Å²) in [6, 6.07) is 6.73. The summed E-state index contributed by atoms with van der Waals surface area (Å²) in [5.74, 6) is -0.861. The van der Waals surface area contributed by atoms with Crippen LogP contribution in [-0.4, -0.2) is 17.4 Å². The van der Waals surface area contributed by atoms with E-state index in [4.69, 9.17) is 11.6 Å². The van der Waals surface area contributed by atoms with Gasteiger partial charge in [-0.3, -0.25) is 10.1 Å². The van der Waals surface area contributed by atoms with Crippen LogP contribution in [-0.2, 0) is 16.1 Å². The predicted molar refractivity (Wildman–Crippen MR) is 53.1 cm³/mol. The Labute approximate surface area is 90.8 Å². The second-order valence-electron chi connectivity index (χ2n) is 2.78. The molecular formula is C9H8ClNO4. The summed E-state index contributed by atoms with van der Waals surface area (Å²) < 4.78 is 4.65. The summed E-state index contributed by atoms with van der Waals surface area (Å²) in [6.07, 6.45) is 0. The van der Waals surface area contributed by atoms with Crippen molar-refractivity contribution in [3.63, 3.8) is 0 Å². The zero-order chi connectivity index (χ0) is 11.3. The van der Waals surface area contributed by atoms with Crippen LogP contribution in [0.4, 0.5) is 0 Å². The van der Waals surface area contributed by atoms with Crippen molar-refractivity contribution in [2.24, 2.45) is 0 Å². The number of benzene rings is 1. The molecule has 0 fully saturated rings. The molecule has 0 aliphatic rings. The maximum Gasteiger partial charge on any atom is 0.378 e. The van der Waals surface area contributed by atoms with E-state index in [2.05, 4.69) is 4.74 Å². The molecule has 1 aromatic carbocycles. The number of nitro groups is 1. The summed E-state index contributed by atoms with van der Waals surface area (Å²) in [7, 11) is 0. The van der Waals surface area contributed by atoms with E-state index in [9.17, 15) is 14.9 Å². The second kappa shape index (κ2) is 5.31. The topological polar surface area (TPSA) is 69.4 Å². The summed E-state index contributed by atoms with van der Waals surface area (Å²) >= 11 is 5.70. The molecule has 1 rings (SSSR count). The normalized spacial score (nSPS) is 9.67. The van der Waals surface area contributed by atoms with E-state index < -0.39 is 17.4 Å². The predicted octanol–water partition coefficient (Wildman–Crippen LogP) is 1.66. The first kappa shape index (κ1) is 11.5. The summed E-state index contributed by atoms with van der Waals surface area (Å²) in [6.45, 7) is -0.826. The lowest BCUT2D eigenvalue weighted by molar-refractivity contribution is -0.470.